The van der Waals surface area contributed by atoms with E-state index in [0.29, 0.717) is 0 Å². The summed E-state index contributed by atoms with van der Waals surface area (Å²) in [5.41, 5.74) is 2.40. The van der Waals surface area contributed by atoms with Crippen LogP contribution in [0.25, 0.3) is 10.8 Å². The lowest BCUT2D eigenvalue weighted by atomic mass is 9.97. The minimum absolute atomic E-state index is 0.0169. The lowest BCUT2D eigenvalue weighted by Gasteiger charge is -2.36. The molecule has 0 spiro atoms. The van der Waals surface area contributed by atoms with Gasteiger partial charge in [-0.15, -0.1) is 0 Å². The number of benzene rings is 1. The molecule has 0 amide bonds. The molecule has 202 valence electrons. The van der Waals surface area contributed by atoms with Gasteiger partial charge < -0.3 is 19.7 Å². The molecule has 0 radical (unpaired) electrons. The van der Waals surface area contributed by atoms with Crippen molar-refractivity contribution in [2.75, 3.05) is 38.0 Å². The third-order valence-electron chi connectivity index (χ3n) is 8.13. The van der Waals surface area contributed by atoms with Crippen LogP contribution in [0.2, 0.25) is 0 Å². The Morgan fingerprint density at radius 3 is 1.42 bits per heavy atom. The zero-order valence-corrected chi connectivity index (χ0v) is 26.0. The Labute approximate surface area is 220 Å². The second kappa shape index (κ2) is 8.68. The maximum absolute atomic E-state index is 5.37. The van der Waals surface area contributed by atoms with Crippen LogP contribution in [0.5, 0.6) is 0 Å². The van der Waals surface area contributed by atoms with Gasteiger partial charge in [0.05, 0.1) is 0 Å². The first-order valence-corrected chi connectivity index (χ1v) is 13.3. The molecule has 6 heteroatoms. The van der Waals surface area contributed by atoms with Crippen LogP contribution in [-0.4, -0.2) is 71.0 Å². The van der Waals surface area contributed by atoms with Gasteiger partial charge in [0, 0.05) is 65.2 Å². The molecule has 2 heterocycles. The Kier molecular flexibility index (Phi) is 6.84. The van der Waals surface area contributed by atoms with E-state index >= 15 is 0 Å². The number of aliphatic imine (C=N–C) groups is 1. The van der Waals surface area contributed by atoms with Gasteiger partial charge in [-0.2, -0.15) is 0 Å². The predicted molar refractivity (Wildman–Crippen MR) is 159 cm³/mol. The summed E-state index contributed by atoms with van der Waals surface area (Å²) in [5.74, 6) is 3.37. The summed E-state index contributed by atoms with van der Waals surface area (Å²) in [5, 5.41) is 2.49. The fourth-order valence-electron chi connectivity index (χ4n) is 4.36. The molecule has 6 nitrogen and oxygen atoms in total. The van der Waals surface area contributed by atoms with Crippen molar-refractivity contribution >= 4 is 28.2 Å². The van der Waals surface area contributed by atoms with Crippen molar-refractivity contribution in [3.63, 3.8) is 0 Å². The Hall–Kier alpha value is -2.21. The highest BCUT2D eigenvalue weighted by atomic mass is 15.3. The number of nitrogens with one attached hydrogen (secondary N) is 1. The third kappa shape index (κ3) is 4.98. The summed E-state index contributed by atoms with van der Waals surface area (Å²) < 4.78 is 0. The largest absolute Gasteiger partial charge is 0.356 e. The maximum Gasteiger partial charge on any atom is 0.133 e. The number of fused-ring (bicyclic) bond motifs is 2. The molecule has 1 atom stereocenters. The summed E-state index contributed by atoms with van der Waals surface area (Å²) in [6.07, 6.45) is -0.0318. The van der Waals surface area contributed by atoms with Gasteiger partial charge in [-0.05, 0) is 102 Å². The van der Waals surface area contributed by atoms with Crippen molar-refractivity contribution in [2.45, 2.75) is 111 Å². The number of hydrogen-bond donors (Lipinski definition) is 1. The average Bonchev–Trinajstić information content (AvgIpc) is 3.25. The van der Waals surface area contributed by atoms with Crippen LogP contribution in [0, 0.1) is 0 Å². The van der Waals surface area contributed by atoms with Crippen LogP contribution in [0.15, 0.2) is 17.1 Å². The van der Waals surface area contributed by atoms with Gasteiger partial charge in [-0.1, -0.05) is 0 Å². The van der Waals surface area contributed by atoms with E-state index in [2.05, 4.69) is 148 Å². The number of aromatic amines is 1. The monoisotopic (exact) mass is 496 g/mol. The molecule has 1 aromatic carbocycles. The second-order valence-corrected chi connectivity index (χ2v) is 14.6. The Balaban J connectivity index is 2.39. The topological polar surface area (TPSA) is 41.1 Å². The van der Waals surface area contributed by atoms with Gasteiger partial charge in [0.1, 0.15) is 23.6 Å². The van der Waals surface area contributed by atoms with E-state index in [9.17, 15) is 0 Å². The summed E-state index contributed by atoms with van der Waals surface area (Å²) in [4.78, 5) is 18.7. The van der Waals surface area contributed by atoms with Gasteiger partial charge in [-0.25, -0.2) is 4.99 Å². The van der Waals surface area contributed by atoms with Gasteiger partial charge in [0.25, 0.3) is 0 Å². The highest BCUT2D eigenvalue weighted by molar-refractivity contribution is 6.10. The van der Waals surface area contributed by atoms with Crippen molar-refractivity contribution in [1.82, 2.24) is 14.8 Å². The number of hydrogen-bond acceptors (Lipinski definition) is 5. The minimum atomic E-state index is -0.0406. The number of nitrogens with zero attached hydrogens (tertiary/aromatic N) is 5. The molecule has 1 aliphatic heterocycles. The fraction of sp³-hybridized carbons (Fsp3) is 0.700. The van der Waals surface area contributed by atoms with Crippen LogP contribution >= 0.6 is 0 Å². The number of anilines is 2. The molecule has 1 aliphatic rings. The normalized spacial score (nSPS) is 17.0. The third-order valence-corrected chi connectivity index (χ3v) is 8.13. The van der Waals surface area contributed by atoms with Crippen molar-refractivity contribution in [2.24, 2.45) is 4.99 Å². The molecule has 1 unspecified atom stereocenters. The van der Waals surface area contributed by atoms with E-state index in [1.54, 1.807) is 0 Å². The first-order chi connectivity index (χ1) is 16.1. The van der Waals surface area contributed by atoms with E-state index in [1.807, 2.05) is 0 Å². The van der Waals surface area contributed by atoms with Crippen molar-refractivity contribution in [1.29, 1.82) is 0 Å². The molecule has 2 aromatic rings. The van der Waals surface area contributed by atoms with Gasteiger partial charge in [0.15, 0.2) is 0 Å². The zero-order valence-electron chi connectivity index (χ0n) is 26.0. The van der Waals surface area contributed by atoms with Crippen LogP contribution in [0.1, 0.15) is 100 Å². The standard InChI is InChI=1S/C30H52N6/c1-27(2,3)33(13)23-19-17-21-22(18-20(19)24(31-23)34(14)28(4,5)6)26(36(16)30(10,11)12)32-25(21)35(15)29(7,8)9/h17-18,23,32H,1-16H3. The summed E-state index contributed by atoms with van der Waals surface area (Å²) in [6.45, 7) is 27.1. The predicted octanol–water partition coefficient (Wildman–Crippen LogP) is 6.86. The van der Waals surface area contributed by atoms with Crippen molar-refractivity contribution in [3.05, 3.63) is 23.3 Å². The number of aromatic nitrogens is 1. The van der Waals surface area contributed by atoms with Gasteiger partial charge in [0.2, 0.25) is 0 Å². The molecule has 36 heavy (non-hydrogen) atoms. The zero-order chi connectivity index (χ0) is 27.8. The van der Waals surface area contributed by atoms with Crippen molar-refractivity contribution < 1.29 is 0 Å². The molecule has 0 aliphatic carbocycles. The smallest absolute Gasteiger partial charge is 0.133 e. The molecule has 1 aromatic heterocycles. The molecular formula is C30H52N6. The Morgan fingerprint density at radius 2 is 1.03 bits per heavy atom. The van der Waals surface area contributed by atoms with Crippen LogP contribution in [-0.2, 0) is 0 Å². The van der Waals surface area contributed by atoms with Gasteiger partial charge in [-0.3, -0.25) is 4.90 Å². The first-order valence-electron chi connectivity index (χ1n) is 13.3. The Morgan fingerprint density at radius 1 is 0.611 bits per heavy atom. The van der Waals surface area contributed by atoms with Crippen LogP contribution in [0.3, 0.4) is 0 Å². The van der Waals surface area contributed by atoms with E-state index < -0.39 is 0 Å². The van der Waals surface area contributed by atoms with Gasteiger partial charge >= 0.3 is 0 Å². The quantitative estimate of drug-likeness (QED) is 0.504. The highest BCUT2D eigenvalue weighted by Gasteiger charge is 2.38. The summed E-state index contributed by atoms with van der Waals surface area (Å²) in [7, 11) is 8.74. The van der Waals surface area contributed by atoms with E-state index in [-0.39, 0.29) is 28.3 Å². The number of H-pyrrole nitrogens is 1. The maximum atomic E-state index is 5.37. The summed E-state index contributed by atoms with van der Waals surface area (Å²) >= 11 is 0. The first kappa shape index (κ1) is 28.4. The molecule has 3 rings (SSSR count). The van der Waals surface area contributed by atoms with Crippen LogP contribution < -0.4 is 9.80 Å². The SMILES string of the molecule is CN(C1=NC(N(C)C(C)(C)C)c2cc3c(N(C)C(C)(C)C)[nH]c(N(C)C(C)(C)C)c3cc21)C(C)(C)C. The highest BCUT2D eigenvalue weighted by Crippen LogP contribution is 2.45. The average molecular weight is 497 g/mol. The molecule has 0 saturated carbocycles. The molecule has 0 bridgehead atoms. The second-order valence-electron chi connectivity index (χ2n) is 14.6. The molecule has 0 saturated heterocycles. The molecular weight excluding hydrogens is 444 g/mol. The number of rotatable bonds is 3. The van der Waals surface area contributed by atoms with Crippen molar-refractivity contribution in [3.8, 4) is 0 Å². The van der Waals surface area contributed by atoms with E-state index in [1.165, 1.54) is 21.9 Å². The molecule has 1 N–H and O–H groups in total. The Bertz CT molecular complexity index is 1140. The van der Waals surface area contributed by atoms with Crippen LogP contribution in [0.4, 0.5) is 11.6 Å². The van der Waals surface area contributed by atoms with E-state index in [4.69, 9.17) is 4.99 Å². The lowest BCUT2D eigenvalue weighted by molar-refractivity contribution is 0.122. The fourth-order valence-corrected chi connectivity index (χ4v) is 4.36. The summed E-state index contributed by atoms with van der Waals surface area (Å²) in [6, 6.07) is 4.79. The molecule has 0 fully saturated rings. The minimum Gasteiger partial charge on any atom is -0.356 e. The number of amidine groups is 1. The lowest BCUT2D eigenvalue weighted by Crippen LogP contribution is -2.42. The van der Waals surface area contributed by atoms with E-state index in [0.717, 1.165) is 17.5 Å².